The molecule has 2 atom stereocenters. The topological polar surface area (TPSA) is 29.3 Å². The van der Waals surface area contributed by atoms with Crippen molar-refractivity contribution in [3.63, 3.8) is 0 Å². The number of hydrogen-bond acceptors (Lipinski definition) is 3. The lowest BCUT2D eigenvalue weighted by Gasteiger charge is -2.34. The Labute approximate surface area is 158 Å². The van der Waals surface area contributed by atoms with Crippen LogP contribution in [0.25, 0.3) is 33.2 Å². The van der Waals surface area contributed by atoms with E-state index < -0.39 is 0 Å². The van der Waals surface area contributed by atoms with Crippen LogP contribution in [0.3, 0.4) is 0 Å². The largest absolute Gasteiger partial charge is 0.456 e. The quantitative estimate of drug-likeness (QED) is 0.484. The van der Waals surface area contributed by atoms with Crippen molar-refractivity contribution in [3.8, 4) is 11.3 Å². The average molecular weight is 354 g/mol. The zero-order chi connectivity index (χ0) is 17.8. The highest BCUT2D eigenvalue weighted by Crippen LogP contribution is 2.42. The molecular formula is C24H22N2O. The van der Waals surface area contributed by atoms with E-state index in [1.54, 1.807) is 0 Å². The second kappa shape index (κ2) is 5.67. The van der Waals surface area contributed by atoms with Crippen molar-refractivity contribution in [2.24, 2.45) is 0 Å². The van der Waals surface area contributed by atoms with Gasteiger partial charge in [-0.1, -0.05) is 36.4 Å². The second-order valence-electron chi connectivity index (χ2n) is 8.12. The van der Waals surface area contributed by atoms with Crippen LogP contribution in [0.1, 0.15) is 24.8 Å². The molecule has 4 aromatic rings. The Kier molecular flexibility index (Phi) is 3.24. The summed E-state index contributed by atoms with van der Waals surface area (Å²) in [5.41, 5.74) is 5.78. The van der Waals surface area contributed by atoms with E-state index in [1.807, 2.05) is 18.2 Å². The van der Waals surface area contributed by atoms with E-state index in [1.165, 1.54) is 44.5 Å². The minimum Gasteiger partial charge on any atom is -0.456 e. The summed E-state index contributed by atoms with van der Waals surface area (Å²) in [7, 11) is 0. The Morgan fingerprint density at radius 3 is 2.74 bits per heavy atom. The summed E-state index contributed by atoms with van der Waals surface area (Å²) in [6, 6.07) is 19.0. The number of pyridine rings is 1. The van der Waals surface area contributed by atoms with Gasteiger partial charge in [-0.15, -0.1) is 0 Å². The summed E-state index contributed by atoms with van der Waals surface area (Å²) in [6.45, 7) is 3.71. The Morgan fingerprint density at radius 2 is 1.81 bits per heavy atom. The van der Waals surface area contributed by atoms with Crippen LogP contribution >= 0.6 is 0 Å². The van der Waals surface area contributed by atoms with Crippen molar-refractivity contribution in [3.05, 3.63) is 66.4 Å². The van der Waals surface area contributed by atoms with Gasteiger partial charge >= 0.3 is 0 Å². The lowest BCUT2D eigenvalue weighted by molar-refractivity contribution is 0.243. The van der Waals surface area contributed by atoms with Gasteiger partial charge < -0.3 is 9.32 Å². The Hall–Kier alpha value is -2.65. The number of aromatic nitrogens is 1. The highest BCUT2D eigenvalue weighted by Gasteiger charge is 2.42. The molecule has 2 fully saturated rings. The molecule has 2 saturated heterocycles. The van der Waals surface area contributed by atoms with Gasteiger partial charge in [0.1, 0.15) is 11.2 Å². The summed E-state index contributed by atoms with van der Waals surface area (Å²) in [5.74, 6) is 0. The molecule has 0 spiro atoms. The third-order valence-electron chi connectivity index (χ3n) is 6.62. The summed E-state index contributed by atoms with van der Waals surface area (Å²) in [4.78, 5) is 7.52. The number of benzene rings is 2. The summed E-state index contributed by atoms with van der Waals surface area (Å²) in [6.07, 6.45) is 6.01. The molecule has 3 nitrogen and oxygen atoms in total. The van der Waals surface area contributed by atoms with E-state index in [2.05, 4.69) is 47.5 Å². The number of piperidine rings is 1. The van der Waals surface area contributed by atoms with Gasteiger partial charge in [-0.3, -0.25) is 4.98 Å². The van der Waals surface area contributed by atoms with Gasteiger partial charge in [0.2, 0.25) is 0 Å². The highest BCUT2D eigenvalue weighted by atomic mass is 16.3. The number of fused-ring (bicyclic) bond motifs is 5. The lowest BCUT2D eigenvalue weighted by Crippen LogP contribution is -2.36. The molecule has 0 saturated carbocycles. The van der Waals surface area contributed by atoms with Gasteiger partial charge in [-0.05, 0) is 56.1 Å². The van der Waals surface area contributed by atoms with Crippen LogP contribution in [-0.2, 0) is 5.41 Å². The normalized spacial score (nSPS) is 24.7. The van der Waals surface area contributed by atoms with Gasteiger partial charge in [-0.25, -0.2) is 0 Å². The number of rotatable bonds is 2. The molecule has 2 aliphatic rings. The molecule has 0 radical (unpaired) electrons. The Morgan fingerprint density at radius 1 is 0.889 bits per heavy atom. The summed E-state index contributed by atoms with van der Waals surface area (Å²) < 4.78 is 6.04. The molecule has 0 aliphatic carbocycles. The van der Waals surface area contributed by atoms with E-state index in [4.69, 9.17) is 9.40 Å². The molecule has 2 aliphatic heterocycles. The predicted octanol–water partition coefficient (Wildman–Crippen LogP) is 5.39. The number of nitrogens with zero attached hydrogens (tertiary/aromatic N) is 2. The zero-order valence-electron chi connectivity index (χ0n) is 15.3. The van der Waals surface area contributed by atoms with Gasteiger partial charge in [0, 0.05) is 34.5 Å². The summed E-state index contributed by atoms with van der Waals surface area (Å²) in [5, 5.41) is 2.32. The zero-order valence-corrected chi connectivity index (χ0v) is 15.3. The van der Waals surface area contributed by atoms with E-state index in [0.717, 1.165) is 33.2 Å². The molecule has 2 bridgehead atoms. The number of para-hydroxylation sites is 1. The first-order chi connectivity index (χ1) is 13.3. The van der Waals surface area contributed by atoms with Crippen LogP contribution in [0.15, 0.2) is 65.2 Å². The maximum atomic E-state index is 6.04. The van der Waals surface area contributed by atoms with E-state index in [9.17, 15) is 0 Å². The Bertz CT molecular complexity index is 1140. The monoisotopic (exact) mass is 354 g/mol. The smallest absolute Gasteiger partial charge is 0.136 e. The van der Waals surface area contributed by atoms with Crippen molar-refractivity contribution >= 4 is 21.9 Å². The maximum Gasteiger partial charge on any atom is 0.136 e. The van der Waals surface area contributed by atoms with Crippen LogP contribution < -0.4 is 0 Å². The van der Waals surface area contributed by atoms with Gasteiger partial charge in [0.05, 0.1) is 5.69 Å². The molecule has 3 heteroatoms. The number of furan rings is 1. The first-order valence-corrected chi connectivity index (χ1v) is 9.92. The third-order valence-corrected chi connectivity index (χ3v) is 6.62. The lowest BCUT2D eigenvalue weighted by atomic mass is 9.75. The van der Waals surface area contributed by atoms with Crippen molar-refractivity contribution < 1.29 is 4.42 Å². The van der Waals surface area contributed by atoms with E-state index in [-0.39, 0.29) is 0 Å². The second-order valence-corrected chi connectivity index (χ2v) is 8.12. The molecule has 0 N–H and O–H groups in total. The highest BCUT2D eigenvalue weighted by molar-refractivity contribution is 6.11. The SMILES string of the molecule is c1ccc2c(c1)oc1cccc(-c3ccc(C45CCCN(CC4)C5)cn3)c12. The Balaban J connectivity index is 1.46. The van der Waals surface area contributed by atoms with Crippen LogP contribution in [0.4, 0.5) is 0 Å². The molecule has 2 unspecified atom stereocenters. The molecule has 6 rings (SSSR count). The fourth-order valence-corrected chi connectivity index (χ4v) is 5.23. The first-order valence-electron chi connectivity index (χ1n) is 9.92. The minimum atomic E-state index is 0.331. The average Bonchev–Trinajstić information content (AvgIpc) is 3.25. The number of hydrogen-bond donors (Lipinski definition) is 0. The molecule has 27 heavy (non-hydrogen) atoms. The fourth-order valence-electron chi connectivity index (χ4n) is 5.23. The standard InChI is InChI=1S/C24H22N2O/c1-2-7-21-19(5-1)23-18(6-3-8-22(23)27-21)20-10-9-17(15-25-20)24-11-4-13-26(16-24)14-12-24/h1-3,5-10,15H,4,11-14,16H2. The predicted molar refractivity (Wildman–Crippen MR) is 109 cm³/mol. The van der Waals surface area contributed by atoms with E-state index >= 15 is 0 Å². The van der Waals surface area contributed by atoms with Crippen molar-refractivity contribution in [1.29, 1.82) is 0 Å². The molecule has 4 heterocycles. The maximum absolute atomic E-state index is 6.04. The molecule has 0 amide bonds. The van der Waals surface area contributed by atoms with Crippen LogP contribution in [0, 0.1) is 0 Å². The van der Waals surface area contributed by atoms with Gasteiger partial charge in [0.25, 0.3) is 0 Å². The van der Waals surface area contributed by atoms with Crippen molar-refractivity contribution in [1.82, 2.24) is 9.88 Å². The summed E-state index contributed by atoms with van der Waals surface area (Å²) >= 11 is 0. The minimum absolute atomic E-state index is 0.331. The van der Waals surface area contributed by atoms with Crippen LogP contribution in [0.2, 0.25) is 0 Å². The van der Waals surface area contributed by atoms with E-state index in [0.29, 0.717) is 5.41 Å². The van der Waals surface area contributed by atoms with Crippen molar-refractivity contribution in [2.45, 2.75) is 24.7 Å². The molecule has 134 valence electrons. The first kappa shape index (κ1) is 15.4. The van der Waals surface area contributed by atoms with Crippen LogP contribution in [0.5, 0.6) is 0 Å². The van der Waals surface area contributed by atoms with Gasteiger partial charge in [-0.2, -0.15) is 0 Å². The molecule has 2 aromatic carbocycles. The van der Waals surface area contributed by atoms with Gasteiger partial charge in [0.15, 0.2) is 0 Å². The van der Waals surface area contributed by atoms with Crippen LogP contribution in [-0.4, -0.2) is 29.5 Å². The van der Waals surface area contributed by atoms with Crippen molar-refractivity contribution in [2.75, 3.05) is 19.6 Å². The molecular weight excluding hydrogens is 332 g/mol. The fraction of sp³-hybridized carbons (Fsp3) is 0.292. The molecule has 2 aromatic heterocycles. The third kappa shape index (κ3) is 2.28.